The molecule has 1 N–H and O–H groups in total. The van der Waals surface area contributed by atoms with Gasteiger partial charge in [-0.1, -0.05) is 6.07 Å². The fourth-order valence-electron chi connectivity index (χ4n) is 4.22. The maximum atomic E-state index is 12.8. The van der Waals surface area contributed by atoms with Gasteiger partial charge in [-0.05, 0) is 56.8 Å². The first kappa shape index (κ1) is 19.6. The van der Waals surface area contributed by atoms with Gasteiger partial charge in [0.25, 0.3) is 5.91 Å². The van der Waals surface area contributed by atoms with Crippen molar-refractivity contribution in [2.75, 3.05) is 38.0 Å². The highest BCUT2D eigenvalue weighted by Gasteiger charge is 2.26. The van der Waals surface area contributed by atoms with Crippen LogP contribution in [0, 0.1) is 5.92 Å². The highest BCUT2D eigenvalue weighted by molar-refractivity contribution is 6.02. The first-order valence-electron chi connectivity index (χ1n) is 10.4. The van der Waals surface area contributed by atoms with Crippen LogP contribution in [0.5, 0.6) is 0 Å². The Morgan fingerprint density at radius 1 is 1.14 bits per heavy atom. The van der Waals surface area contributed by atoms with Gasteiger partial charge in [-0.25, -0.2) is 0 Å². The number of nitrogens with one attached hydrogen (secondary N) is 1. The van der Waals surface area contributed by atoms with Crippen LogP contribution in [-0.2, 0) is 11.3 Å². The van der Waals surface area contributed by atoms with E-state index in [1.165, 1.54) is 32.4 Å². The Morgan fingerprint density at radius 2 is 2.00 bits per heavy atom. The Labute approximate surface area is 170 Å². The standard InChI is InChI=1S/C21H28N6O2/c28-20(26-11-5-6-17(14-26)13-25-9-3-4-10-25)16-27-15-18(12-23-27)24-21(29)19-7-1-2-8-22-19/h1-2,7-8,12,15,17H,3-6,9-11,13-14,16H2,(H,24,29). The van der Waals surface area contributed by atoms with Gasteiger partial charge in [0.05, 0.1) is 11.9 Å². The van der Waals surface area contributed by atoms with Gasteiger partial charge in [-0.2, -0.15) is 5.10 Å². The first-order valence-corrected chi connectivity index (χ1v) is 10.4. The number of hydrogen-bond donors (Lipinski definition) is 1. The van der Waals surface area contributed by atoms with Gasteiger partial charge in [0.15, 0.2) is 0 Å². The Kier molecular flexibility index (Phi) is 6.19. The molecule has 1 unspecified atom stereocenters. The van der Waals surface area contributed by atoms with Gasteiger partial charge < -0.3 is 15.1 Å². The number of amides is 2. The number of hydrogen-bond acceptors (Lipinski definition) is 5. The largest absolute Gasteiger partial charge is 0.341 e. The highest BCUT2D eigenvalue weighted by atomic mass is 16.2. The Balaban J connectivity index is 1.28. The lowest BCUT2D eigenvalue weighted by atomic mass is 9.97. The molecule has 2 aromatic heterocycles. The smallest absolute Gasteiger partial charge is 0.274 e. The summed E-state index contributed by atoms with van der Waals surface area (Å²) >= 11 is 0. The summed E-state index contributed by atoms with van der Waals surface area (Å²) in [5.41, 5.74) is 0.896. The molecule has 154 valence electrons. The second-order valence-corrected chi connectivity index (χ2v) is 7.95. The number of pyridine rings is 1. The SMILES string of the molecule is O=C(Nc1cnn(CC(=O)N2CCCC(CN3CCCC3)C2)c1)c1ccccn1. The second-order valence-electron chi connectivity index (χ2n) is 7.95. The molecule has 0 spiro atoms. The molecular weight excluding hydrogens is 368 g/mol. The molecule has 29 heavy (non-hydrogen) atoms. The summed E-state index contributed by atoms with van der Waals surface area (Å²) in [5, 5.41) is 6.99. The number of carbonyl (C=O) groups is 2. The monoisotopic (exact) mass is 396 g/mol. The van der Waals surface area contributed by atoms with Crippen molar-refractivity contribution in [3.63, 3.8) is 0 Å². The molecule has 2 aliphatic rings. The lowest BCUT2D eigenvalue weighted by Gasteiger charge is -2.34. The number of anilines is 1. The predicted octanol–water partition coefficient (Wildman–Crippen LogP) is 1.86. The van der Waals surface area contributed by atoms with Crippen molar-refractivity contribution >= 4 is 17.5 Å². The van der Waals surface area contributed by atoms with Crippen molar-refractivity contribution in [2.45, 2.75) is 32.2 Å². The number of rotatable bonds is 6. The average Bonchev–Trinajstić information content (AvgIpc) is 3.41. The Morgan fingerprint density at radius 3 is 2.79 bits per heavy atom. The van der Waals surface area contributed by atoms with Crippen LogP contribution in [0.4, 0.5) is 5.69 Å². The van der Waals surface area contributed by atoms with E-state index in [1.807, 2.05) is 4.90 Å². The molecule has 4 rings (SSSR count). The van der Waals surface area contributed by atoms with Crippen molar-refractivity contribution in [1.82, 2.24) is 24.6 Å². The van der Waals surface area contributed by atoms with E-state index in [4.69, 9.17) is 0 Å². The molecule has 2 fully saturated rings. The van der Waals surface area contributed by atoms with Crippen LogP contribution in [0.2, 0.25) is 0 Å². The van der Waals surface area contributed by atoms with Crippen molar-refractivity contribution < 1.29 is 9.59 Å². The van der Waals surface area contributed by atoms with Gasteiger partial charge in [0.1, 0.15) is 12.2 Å². The van der Waals surface area contributed by atoms with E-state index in [9.17, 15) is 9.59 Å². The summed E-state index contributed by atoms with van der Waals surface area (Å²) in [5.74, 6) is 0.357. The predicted molar refractivity (Wildman–Crippen MR) is 109 cm³/mol. The molecule has 2 saturated heterocycles. The van der Waals surface area contributed by atoms with E-state index in [2.05, 4.69) is 20.3 Å². The van der Waals surface area contributed by atoms with Crippen LogP contribution in [0.15, 0.2) is 36.8 Å². The summed E-state index contributed by atoms with van der Waals surface area (Å²) in [6.45, 7) is 5.35. The van der Waals surface area contributed by atoms with Crippen molar-refractivity contribution in [2.24, 2.45) is 5.92 Å². The Bertz CT molecular complexity index is 831. The second kappa shape index (κ2) is 9.17. The molecule has 0 aliphatic carbocycles. The number of likely N-dealkylation sites (tertiary alicyclic amines) is 2. The lowest BCUT2D eigenvalue weighted by molar-refractivity contribution is -0.134. The fourth-order valence-corrected chi connectivity index (χ4v) is 4.22. The minimum atomic E-state index is -0.294. The molecule has 2 aromatic rings. The van der Waals surface area contributed by atoms with Crippen LogP contribution in [0.3, 0.4) is 0 Å². The van der Waals surface area contributed by atoms with Crippen molar-refractivity contribution in [1.29, 1.82) is 0 Å². The minimum Gasteiger partial charge on any atom is -0.341 e. The van der Waals surface area contributed by atoms with E-state index in [0.29, 0.717) is 17.3 Å². The summed E-state index contributed by atoms with van der Waals surface area (Å²) in [6, 6.07) is 5.18. The zero-order valence-corrected chi connectivity index (χ0v) is 16.7. The molecule has 8 nitrogen and oxygen atoms in total. The molecule has 2 aliphatic heterocycles. The van der Waals surface area contributed by atoms with Crippen molar-refractivity contribution in [3.8, 4) is 0 Å². The molecular formula is C21H28N6O2. The summed E-state index contributed by atoms with van der Waals surface area (Å²) in [4.78, 5) is 33.5. The van der Waals surface area contributed by atoms with Gasteiger partial charge >= 0.3 is 0 Å². The van der Waals surface area contributed by atoms with Crippen molar-refractivity contribution in [3.05, 3.63) is 42.5 Å². The molecule has 4 heterocycles. The topological polar surface area (TPSA) is 83.4 Å². The number of nitrogens with zero attached hydrogens (tertiary/aromatic N) is 5. The quantitative estimate of drug-likeness (QED) is 0.806. The molecule has 1 atom stereocenters. The normalized spacial score (nSPS) is 20.0. The average molecular weight is 396 g/mol. The lowest BCUT2D eigenvalue weighted by Crippen LogP contribution is -2.44. The minimum absolute atomic E-state index is 0.0850. The molecule has 0 saturated carbocycles. The van der Waals surface area contributed by atoms with E-state index in [1.54, 1.807) is 41.5 Å². The van der Waals surface area contributed by atoms with Gasteiger partial charge in [-0.3, -0.25) is 19.3 Å². The van der Waals surface area contributed by atoms with Gasteiger partial charge in [-0.15, -0.1) is 0 Å². The van der Waals surface area contributed by atoms with Gasteiger partial charge in [0.2, 0.25) is 5.91 Å². The van der Waals surface area contributed by atoms with E-state index in [-0.39, 0.29) is 18.4 Å². The maximum absolute atomic E-state index is 12.8. The fraction of sp³-hybridized carbons (Fsp3) is 0.524. The highest BCUT2D eigenvalue weighted by Crippen LogP contribution is 2.20. The molecule has 0 radical (unpaired) electrons. The van der Waals surface area contributed by atoms with Crippen LogP contribution in [0.25, 0.3) is 0 Å². The third-order valence-corrected chi connectivity index (χ3v) is 5.67. The van der Waals surface area contributed by atoms with E-state index >= 15 is 0 Å². The Hall–Kier alpha value is -2.74. The van der Waals surface area contributed by atoms with E-state index in [0.717, 1.165) is 26.1 Å². The number of piperidine rings is 1. The summed E-state index contributed by atoms with van der Waals surface area (Å²) in [6.07, 6.45) is 9.68. The molecule has 8 heteroatoms. The first-order chi connectivity index (χ1) is 14.2. The van der Waals surface area contributed by atoms with Crippen LogP contribution < -0.4 is 5.32 Å². The van der Waals surface area contributed by atoms with Crippen LogP contribution in [-0.4, -0.2) is 69.1 Å². The molecule has 0 aromatic carbocycles. The van der Waals surface area contributed by atoms with E-state index < -0.39 is 0 Å². The van der Waals surface area contributed by atoms with Gasteiger partial charge in [0, 0.05) is 32.0 Å². The van der Waals surface area contributed by atoms with Crippen LogP contribution in [0.1, 0.15) is 36.2 Å². The number of aromatic nitrogens is 3. The number of carbonyl (C=O) groups excluding carboxylic acids is 2. The summed E-state index contributed by atoms with van der Waals surface area (Å²) in [7, 11) is 0. The van der Waals surface area contributed by atoms with Crippen LogP contribution >= 0.6 is 0 Å². The third-order valence-electron chi connectivity index (χ3n) is 5.67. The zero-order chi connectivity index (χ0) is 20.1. The molecule has 0 bridgehead atoms. The molecule has 2 amide bonds. The zero-order valence-electron chi connectivity index (χ0n) is 16.7. The third kappa shape index (κ3) is 5.20. The summed E-state index contributed by atoms with van der Waals surface area (Å²) < 4.78 is 1.58. The maximum Gasteiger partial charge on any atom is 0.274 e.